The minimum absolute atomic E-state index is 0.0128. The molecule has 7 heteroatoms. The van der Waals surface area contributed by atoms with E-state index in [0.29, 0.717) is 13.1 Å². The lowest BCUT2D eigenvalue weighted by Crippen LogP contribution is -2.36. The Bertz CT molecular complexity index is 540. The lowest BCUT2D eigenvalue weighted by Gasteiger charge is -2.28. The molecule has 126 valence electrons. The zero-order chi connectivity index (χ0) is 17.2. The highest BCUT2D eigenvalue weighted by Gasteiger charge is 2.21. The molecule has 0 bridgehead atoms. The van der Waals surface area contributed by atoms with Crippen LogP contribution in [0.15, 0.2) is 23.2 Å². The molecule has 0 radical (unpaired) electrons. The maximum Gasteiger partial charge on any atom is 0.345 e. The van der Waals surface area contributed by atoms with Gasteiger partial charge in [-0.2, -0.15) is 5.26 Å². The summed E-state index contributed by atoms with van der Waals surface area (Å²) in [5, 5.41) is 27.3. The average Bonchev–Trinajstić information content (AvgIpc) is 2.56. The van der Waals surface area contributed by atoms with Crippen LogP contribution in [0, 0.1) is 16.7 Å². The molecule has 1 saturated heterocycles. The summed E-state index contributed by atoms with van der Waals surface area (Å²) in [6.45, 7) is 4.98. The Morgan fingerprint density at radius 2 is 1.87 bits per heavy atom. The number of hydrogen-bond donors (Lipinski definition) is 2. The molecule has 0 aromatic heterocycles. The molecule has 0 aromatic rings. The first-order chi connectivity index (χ1) is 11.0. The Hall–Kier alpha value is -2.49. The molecule has 1 heterocycles. The molecule has 0 aliphatic carbocycles. The van der Waals surface area contributed by atoms with Crippen molar-refractivity contribution in [2.24, 2.45) is 0 Å². The fourth-order valence-corrected chi connectivity index (χ4v) is 2.22. The van der Waals surface area contributed by atoms with Gasteiger partial charge >= 0.3 is 5.97 Å². The zero-order valence-corrected chi connectivity index (χ0v) is 13.6. The Morgan fingerprint density at radius 3 is 2.39 bits per heavy atom. The van der Waals surface area contributed by atoms with Gasteiger partial charge in [0.05, 0.1) is 18.8 Å². The van der Waals surface area contributed by atoms with Crippen LogP contribution >= 0.6 is 0 Å². The van der Waals surface area contributed by atoms with Gasteiger partial charge in [-0.05, 0) is 39.2 Å². The van der Waals surface area contributed by atoms with E-state index in [0.717, 1.165) is 25.3 Å². The van der Waals surface area contributed by atoms with Gasteiger partial charge in [-0.3, -0.25) is 5.41 Å². The van der Waals surface area contributed by atoms with Gasteiger partial charge in [0.2, 0.25) is 0 Å². The highest BCUT2D eigenvalue weighted by atomic mass is 16.6. The summed E-state index contributed by atoms with van der Waals surface area (Å²) < 4.78 is 9.81. The van der Waals surface area contributed by atoms with Crippen molar-refractivity contribution in [1.82, 2.24) is 4.90 Å². The largest absolute Gasteiger partial charge is 0.480 e. The fourth-order valence-electron chi connectivity index (χ4n) is 2.22. The molecule has 0 spiro atoms. The number of aliphatic hydroxyl groups excluding tert-OH is 1. The molecule has 0 amide bonds. The van der Waals surface area contributed by atoms with E-state index >= 15 is 0 Å². The second-order valence-electron chi connectivity index (χ2n) is 4.94. The second kappa shape index (κ2) is 9.51. The van der Waals surface area contributed by atoms with E-state index in [1.54, 1.807) is 18.7 Å². The van der Waals surface area contributed by atoms with E-state index in [4.69, 9.17) is 14.9 Å². The number of piperidine rings is 1. The van der Waals surface area contributed by atoms with Crippen LogP contribution in [0.2, 0.25) is 0 Å². The zero-order valence-electron chi connectivity index (χ0n) is 13.6. The van der Waals surface area contributed by atoms with Gasteiger partial charge in [0.25, 0.3) is 5.95 Å². The number of aliphatic hydroxyl groups is 1. The number of carbonyl (C=O) groups excluding carboxylic acids is 1. The van der Waals surface area contributed by atoms with Gasteiger partial charge in [0, 0.05) is 13.1 Å². The first kappa shape index (κ1) is 18.6. The summed E-state index contributed by atoms with van der Waals surface area (Å²) in [6, 6.07) is 1.91. The molecule has 1 fully saturated rings. The van der Waals surface area contributed by atoms with Crippen molar-refractivity contribution in [3.8, 4) is 6.07 Å². The number of hydrogen-bond acceptors (Lipinski definition) is 6. The van der Waals surface area contributed by atoms with Crippen molar-refractivity contribution in [2.75, 3.05) is 26.3 Å². The molecule has 0 atom stereocenters. The van der Waals surface area contributed by atoms with Crippen molar-refractivity contribution in [1.29, 1.82) is 10.7 Å². The van der Waals surface area contributed by atoms with E-state index in [9.17, 15) is 15.2 Å². The lowest BCUT2D eigenvalue weighted by atomic mass is 10.1. The van der Waals surface area contributed by atoms with Crippen molar-refractivity contribution in [3.63, 3.8) is 0 Å². The minimum Gasteiger partial charge on any atom is -0.480 e. The van der Waals surface area contributed by atoms with Crippen molar-refractivity contribution >= 4 is 11.8 Å². The average molecular weight is 321 g/mol. The molecule has 0 saturated carbocycles. The summed E-state index contributed by atoms with van der Waals surface area (Å²) in [7, 11) is 0. The van der Waals surface area contributed by atoms with E-state index in [-0.39, 0.29) is 30.2 Å². The van der Waals surface area contributed by atoms with Crippen LogP contribution < -0.4 is 0 Å². The van der Waals surface area contributed by atoms with Crippen molar-refractivity contribution < 1.29 is 19.4 Å². The monoisotopic (exact) mass is 321 g/mol. The topological polar surface area (TPSA) is 107 Å². The number of carbonyl (C=O) groups is 1. The molecule has 23 heavy (non-hydrogen) atoms. The number of nitriles is 1. The molecule has 1 aliphatic rings. The third-order valence-electron chi connectivity index (χ3n) is 3.34. The molecule has 1 rings (SSSR count). The van der Waals surface area contributed by atoms with Crippen molar-refractivity contribution in [2.45, 2.75) is 33.1 Å². The molecular weight excluding hydrogens is 298 g/mol. The van der Waals surface area contributed by atoms with Crippen LogP contribution in [0.3, 0.4) is 0 Å². The predicted molar refractivity (Wildman–Crippen MR) is 84.8 cm³/mol. The molecular formula is C16H23N3O4. The first-order valence-corrected chi connectivity index (χ1v) is 7.73. The molecule has 1 aliphatic heterocycles. The standard InChI is InChI=1S/C16H23N3O4/c1-3-22-15(20)13(16(21)23-4-2)10-12(11-17)14(18)19-8-6-5-7-9-19/h10,18,20H,3-9H2,1-2H3/b12-10+,15-13-,18-14?. The van der Waals surface area contributed by atoms with Crippen molar-refractivity contribution in [3.05, 3.63) is 23.2 Å². The smallest absolute Gasteiger partial charge is 0.345 e. The Balaban J connectivity index is 3.10. The van der Waals surface area contributed by atoms with Crippen LogP contribution in [-0.2, 0) is 14.3 Å². The summed E-state index contributed by atoms with van der Waals surface area (Å²) in [5.74, 6) is -1.36. The summed E-state index contributed by atoms with van der Waals surface area (Å²) in [4.78, 5) is 13.7. The third-order valence-corrected chi connectivity index (χ3v) is 3.34. The van der Waals surface area contributed by atoms with Crippen LogP contribution in [0.25, 0.3) is 0 Å². The highest BCUT2D eigenvalue weighted by molar-refractivity contribution is 6.02. The van der Waals surface area contributed by atoms with E-state index in [2.05, 4.69) is 0 Å². The lowest BCUT2D eigenvalue weighted by molar-refractivity contribution is -0.138. The molecule has 0 unspecified atom stereocenters. The maximum absolute atomic E-state index is 12.0. The number of nitrogens with zero attached hydrogens (tertiary/aromatic N) is 2. The van der Waals surface area contributed by atoms with Gasteiger partial charge in [-0.15, -0.1) is 0 Å². The summed E-state index contributed by atoms with van der Waals surface area (Å²) >= 11 is 0. The minimum atomic E-state index is -0.794. The number of likely N-dealkylation sites (tertiary alicyclic amines) is 1. The first-order valence-electron chi connectivity index (χ1n) is 7.73. The van der Waals surface area contributed by atoms with Gasteiger partial charge in [0.15, 0.2) is 0 Å². The fraction of sp³-hybridized carbons (Fsp3) is 0.562. The normalized spacial score (nSPS) is 16.2. The van der Waals surface area contributed by atoms with Crippen LogP contribution in [-0.4, -0.2) is 48.1 Å². The van der Waals surface area contributed by atoms with Gasteiger partial charge in [0.1, 0.15) is 17.5 Å². The van der Waals surface area contributed by atoms with Crippen LogP contribution in [0.5, 0.6) is 0 Å². The van der Waals surface area contributed by atoms with Crippen LogP contribution in [0.1, 0.15) is 33.1 Å². The highest BCUT2D eigenvalue weighted by Crippen LogP contribution is 2.16. The maximum atomic E-state index is 12.0. The molecule has 7 nitrogen and oxygen atoms in total. The molecule has 0 aromatic carbocycles. The van der Waals surface area contributed by atoms with E-state index in [1.807, 2.05) is 6.07 Å². The van der Waals surface area contributed by atoms with E-state index in [1.165, 1.54) is 0 Å². The summed E-state index contributed by atoms with van der Waals surface area (Å²) in [5.41, 5.74) is -0.270. The Labute approximate surface area is 136 Å². The van der Waals surface area contributed by atoms with Crippen LogP contribution in [0.4, 0.5) is 0 Å². The number of esters is 1. The summed E-state index contributed by atoms with van der Waals surface area (Å²) in [6.07, 6.45) is 4.19. The third kappa shape index (κ3) is 5.33. The number of amidine groups is 1. The second-order valence-corrected chi connectivity index (χ2v) is 4.94. The Morgan fingerprint density at radius 1 is 1.26 bits per heavy atom. The Kier molecular flexibility index (Phi) is 7.67. The number of ether oxygens (including phenoxy) is 2. The van der Waals surface area contributed by atoms with Gasteiger partial charge < -0.3 is 19.5 Å². The van der Waals surface area contributed by atoms with E-state index < -0.39 is 11.9 Å². The number of nitrogens with one attached hydrogen (secondary N) is 1. The van der Waals surface area contributed by atoms with Gasteiger partial charge in [-0.25, -0.2) is 4.79 Å². The van der Waals surface area contributed by atoms with Gasteiger partial charge in [-0.1, -0.05) is 0 Å². The number of rotatable bonds is 6. The quantitative estimate of drug-likeness (QED) is 0.148. The molecule has 2 N–H and O–H groups in total. The SMILES string of the molecule is CCOC(=O)C(/C=C(\C#N)C(=N)N1CCCCC1)=C(/O)OCC. The predicted octanol–water partition coefficient (Wildman–Crippen LogP) is 2.27.